The zero-order valence-corrected chi connectivity index (χ0v) is 14.2. The van der Waals surface area contributed by atoms with Crippen LogP contribution in [0.3, 0.4) is 0 Å². The van der Waals surface area contributed by atoms with Crippen LogP contribution in [0.15, 0.2) is 23.7 Å². The third-order valence-corrected chi connectivity index (χ3v) is 4.21. The SMILES string of the molecule is C=CC[N+](C)(C)CCSc1[nH+]c(C)cc(COC)c1C#N. The van der Waals surface area contributed by atoms with Crippen LogP contribution in [-0.2, 0) is 11.3 Å². The number of nitrogens with one attached hydrogen (secondary N) is 1. The Morgan fingerprint density at radius 3 is 2.81 bits per heavy atom. The highest BCUT2D eigenvalue weighted by atomic mass is 32.2. The number of aryl methyl sites for hydroxylation is 1. The number of aromatic nitrogens is 1. The summed E-state index contributed by atoms with van der Waals surface area (Å²) >= 11 is 1.70. The third-order valence-electron chi connectivity index (χ3n) is 3.23. The number of pyridine rings is 1. The van der Waals surface area contributed by atoms with Gasteiger partial charge in [0.05, 0.1) is 39.5 Å². The van der Waals surface area contributed by atoms with Gasteiger partial charge in [0.25, 0.3) is 5.03 Å². The molecule has 1 N–H and O–H groups in total. The second-order valence-electron chi connectivity index (χ2n) is 5.71. The predicted molar refractivity (Wildman–Crippen MR) is 85.9 cm³/mol. The summed E-state index contributed by atoms with van der Waals surface area (Å²) in [6, 6.07) is 4.27. The van der Waals surface area contributed by atoms with Crippen molar-refractivity contribution in [1.29, 1.82) is 5.26 Å². The first-order valence-corrected chi connectivity index (χ1v) is 7.92. The third kappa shape index (κ3) is 5.50. The second kappa shape index (κ2) is 8.18. The molecule has 0 amide bonds. The molecule has 5 heteroatoms. The molecule has 0 atom stereocenters. The number of hydrogen-bond donors (Lipinski definition) is 0. The number of nitrogens with zero attached hydrogens (tertiary/aromatic N) is 2. The fourth-order valence-electron chi connectivity index (χ4n) is 2.09. The fraction of sp³-hybridized carbons (Fsp3) is 0.500. The summed E-state index contributed by atoms with van der Waals surface area (Å²) in [5.74, 6) is 0.946. The first kappa shape index (κ1) is 17.7. The van der Waals surface area contributed by atoms with E-state index in [2.05, 4.69) is 31.7 Å². The lowest BCUT2D eigenvalue weighted by Gasteiger charge is -2.27. The smallest absolute Gasteiger partial charge is 0.257 e. The summed E-state index contributed by atoms with van der Waals surface area (Å²) in [5, 5.41) is 10.3. The van der Waals surface area contributed by atoms with Gasteiger partial charge in [0.15, 0.2) is 5.69 Å². The number of H-pyrrole nitrogens is 1. The molecule has 0 aliphatic rings. The highest BCUT2D eigenvalue weighted by molar-refractivity contribution is 7.99. The molecule has 0 saturated carbocycles. The Balaban J connectivity index is 2.83. The Morgan fingerprint density at radius 2 is 2.24 bits per heavy atom. The standard InChI is InChI=1S/C16H24N3OS/c1-6-7-19(3,4)8-9-21-16-15(11-17)14(12-20-5)10-13(2)18-16/h6,10H,1,7-9,12H2,2-5H3/q+1/p+1. The fourth-order valence-corrected chi connectivity index (χ4v) is 3.44. The summed E-state index contributed by atoms with van der Waals surface area (Å²) in [4.78, 5) is 3.30. The maximum atomic E-state index is 9.40. The lowest BCUT2D eigenvalue weighted by atomic mass is 10.1. The van der Waals surface area contributed by atoms with Crippen molar-refractivity contribution in [2.45, 2.75) is 18.6 Å². The van der Waals surface area contributed by atoms with Crippen LogP contribution in [0.2, 0.25) is 0 Å². The summed E-state index contributed by atoms with van der Waals surface area (Å²) in [6.07, 6.45) is 1.95. The zero-order chi connectivity index (χ0) is 15.9. The Labute approximate surface area is 132 Å². The Morgan fingerprint density at radius 1 is 1.52 bits per heavy atom. The summed E-state index contributed by atoms with van der Waals surface area (Å²) < 4.78 is 6.08. The number of ether oxygens (including phenoxy) is 1. The molecule has 0 unspecified atom stereocenters. The maximum Gasteiger partial charge on any atom is 0.257 e. The minimum atomic E-state index is 0.462. The molecule has 4 nitrogen and oxygen atoms in total. The van der Waals surface area contributed by atoms with E-state index in [1.165, 1.54) is 0 Å². The van der Waals surface area contributed by atoms with Crippen molar-refractivity contribution in [3.05, 3.63) is 35.5 Å². The molecule has 0 aliphatic heterocycles. The highest BCUT2D eigenvalue weighted by Crippen LogP contribution is 2.22. The van der Waals surface area contributed by atoms with Gasteiger partial charge in [0.1, 0.15) is 11.6 Å². The van der Waals surface area contributed by atoms with Gasteiger partial charge in [-0.25, -0.2) is 4.98 Å². The molecule has 0 fully saturated rings. The van der Waals surface area contributed by atoms with Crippen molar-refractivity contribution in [3.8, 4) is 6.07 Å². The Hall–Kier alpha value is -1.35. The van der Waals surface area contributed by atoms with Crippen LogP contribution >= 0.6 is 11.8 Å². The first-order chi connectivity index (χ1) is 9.93. The molecule has 1 aromatic rings. The number of rotatable bonds is 8. The van der Waals surface area contributed by atoms with Gasteiger partial charge < -0.3 is 9.22 Å². The van der Waals surface area contributed by atoms with Gasteiger partial charge in [-0.2, -0.15) is 5.26 Å². The van der Waals surface area contributed by atoms with Crippen LogP contribution in [0.4, 0.5) is 0 Å². The minimum absolute atomic E-state index is 0.462. The molecule has 114 valence electrons. The van der Waals surface area contributed by atoms with Gasteiger partial charge in [-0.1, -0.05) is 18.3 Å². The van der Waals surface area contributed by atoms with Gasteiger partial charge in [-0.15, -0.1) is 0 Å². The molecule has 0 aromatic carbocycles. The van der Waals surface area contributed by atoms with E-state index in [0.29, 0.717) is 12.2 Å². The van der Waals surface area contributed by atoms with E-state index in [1.807, 2.05) is 19.1 Å². The average Bonchev–Trinajstić information content (AvgIpc) is 2.38. The van der Waals surface area contributed by atoms with Gasteiger partial charge in [0, 0.05) is 25.7 Å². The largest absolute Gasteiger partial charge is 0.380 e. The zero-order valence-electron chi connectivity index (χ0n) is 13.4. The quantitative estimate of drug-likeness (QED) is 0.420. The van der Waals surface area contributed by atoms with E-state index in [0.717, 1.165) is 39.6 Å². The number of aromatic amines is 1. The van der Waals surface area contributed by atoms with Crippen LogP contribution in [0.1, 0.15) is 16.8 Å². The average molecular weight is 307 g/mol. The van der Waals surface area contributed by atoms with Gasteiger partial charge in [-0.05, 0) is 6.08 Å². The molecular formula is C16H25N3OS+2. The lowest BCUT2D eigenvalue weighted by Crippen LogP contribution is -2.41. The first-order valence-electron chi connectivity index (χ1n) is 6.94. The molecule has 0 saturated heterocycles. The monoisotopic (exact) mass is 307 g/mol. The van der Waals surface area contributed by atoms with Crippen LogP contribution in [0, 0.1) is 18.3 Å². The Kier molecular flexibility index (Phi) is 6.90. The number of methoxy groups -OCH3 is 1. The summed E-state index contributed by atoms with van der Waals surface area (Å²) in [6.45, 7) is 8.22. The molecule has 0 radical (unpaired) electrons. The van der Waals surface area contributed by atoms with Crippen molar-refractivity contribution in [2.75, 3.05) is 40.0 Å². The van der Waals surface area contributed by atoms with E-state index in [-0.39, 0.29) is 0 Å². The van der Waals surface area contributed by atoms with Crippen LogP contribution < -0.4 is 4.98 Å². The number of quaternary nitrogens is 1. The van der Waals surface area contributed by atoms with Crippen LogP contribution in [0.25, 0.3) is 0 Å². The van der Waals surface area contributed by atoms with Gasteiger partial charge in [-0.3, -0.25) is 0 Å². The number of nitriles is 1. The lowest BCUT2D eigenvalue weighted by molar-refractivity contribution is -0.881. The van der Waals surface area contributed by atoms with E-state index in [9.17, 15) is 5.26 Å². The normalized spacial score (nSPS) is 11.2. The summed E-state index contributed by atoms with van der Waals surface area (Å²) in [7, 11) is 6.02. The van der Waals surface area contributed by atoms with E-state index in [4.69, 9.17) is 4.74 Å². The van der Waals surface area contributed by atoms with Crippen LogP contribution in [0.5, 0.6) is 0 Å². The van der Waals surface area contributed by atoms with E-state index >= 15 is 0 Å². The second-order valence-corrected chi connectivity index (χ2v) is 6.81. The Bertz CT molecular complexity index is 535. The van der Waals surface area contributed by atoms with Gasteiger partial charge in [0.2, 0.25) is 0 Å². The van der Waals surface area contributed by atoms with Crippen molar-refractivity contribution < 1.29 is 14.2 Å². The number of thioether (sulfide) groups is 1. The molecule has 1 aromatic heterocycles. The molecule has 1 rings (SSSR count). The number of hydrogen-bond acceptors (Lipinski definition) is 3. The maximum absolute atomic E-state index is 9.40. The number of likely N-dealkylation sites (N-methyl/N-ethyl adjacent to an activating group) is 1. The van der Waals surface area contributed by atoms with Crippen molar-refractivity contribution >= 4 is 11.8 Å². The van der Waals surface area contributed by atoms with Crippen molar-refractivity contribution in [2.24, 2.45) is 0 Å². The minimum Gasteiger partial charge on any atom is -0.380 e. The molecule has 0 spiro atoms. The molecule has 0 aliphatic carbocycles. The molecule has 1 heterocycles. The van der Waals surface area contributed by atoms with Crippen molar-refractivity contribution in [3.63, 3.8) is 0 Å². The van der Waals surface area contributed by atoms with E-state index < -0.39 is 0 Å². The predicted octanol–water partition coefficient (Wildman–Crippen LogP) is 2.18. The van der Waals surface area contributed by atoms with Crippen molar-refractivity contribution in [1.82, 2.24) is 0 Å². The van der Waals surface area contributed by atoms with Gasteiger partial charge >= 0.3 is 0 Å². The molecular weight excluding hydrogens is 282 g/mol. The highest BCUT2D eigenvalue weighted by Gasteiger charge is 2.19. The van der Waals surface area contributed by atoms with E-state index in [1.54, 1.807) is 18.9 Å². The molecule has 0 bridgehead atoms. The topological polar surface area (TPSA) is 47.2 Å². The summed E-state index contributed by atoms with van der Waals surface area (Å²) in [5.41, 5.74) is 2.68. The molecule has 21 heavy (non-hydrogen) atoms. The van der Waals surface area contributed by atoms with Crippen LogP contribution in [-0.4, -0.2) is 44.5 Å².